The molecule has 1 aromatic rings. The molecule has 1 aliphatic rings. The van der Waals surface area contributed by atoms with Crippen molar-refractivity contribution < 1.29 is 0 Å². The zero-order valence-corrected chi connectivity index (χ0v) is 8.40. The van der Waals surface area contributed by atoms with Gasteiger partial charge in [-0.1, -0.05) is 49.4 Å². The fraction of sp³-hybridized carbons (Fsp3) is 0.231. The molecule has 1 aromatic carbocycles. The van der Waals surface area contributed by atoms with E-state index in [-0.39, 0.29) is 0 Å². The Hall–Kier alpha value is -1.50. The summed E-state index contributed by atoms with van der Waals surface area (Å²) in [4.78, 5) is 0. The van der Waals surface area contributed by atoms with E-state index >= 15 is 0 Å². The highest BCUT2D eigenvalue weighted by Crippen LogP contribution is 2.25. The lowest BCUT2D eigenvalue weighted by Crippen LogP contribution is -2.02. The topological polar surface area (TPSA) is 12.0 Å². The summed E-state index contributed by atoms with van der Waals surface area (Å²) in [7, 11) is 0. The molecular weight excluding hydrogens is 170 g/mol. The first-order valence-corrected chi connectivity index (χ1v) is 5.04. The second-order valence-electron chi connectivity index (χ2n) is 3.57. The molecule has 1 aliphatic heterocycles. The van der Waals surface area contributed by atoms with Crippen LogP contribution >= 0.6 is 0 Å². The summed E-state index contributed by atoms with van der Waals surface area (Å²) in [5.41, 5.74) is 2.61. The Labute approximate surface area is 85.2 Å². The van der Waals surface area contributed by atoms with Gasteiger partial charge in [0.1, 0.15) is 0 Å². The smallest absolute Gasteiger partial charge is 0.0381 e. The molecule has 1 N–H and O–H groups in total. The summed E-state index contributed by atoms with van der Waals surface area (Å²) >= 11 is 0. The minimum absolute atomic E-state index is 0.474. The van der Waals surface area contributed by atoms with Crippen LogP contribution in [0.25, 0.3) is 0 Å². The Morgan fingerprint density at radius 2 is 2.07 bits per heavy atom. The fourth-order valence-corrected chi connectivity index (χ4v) is 1.71. The lowest BCUT2D eigenvalue weighted by molar-refractivity contribution is 0.968. The molecule has 72 valence electrons. The molecule has 1 atom stereocenters. The van der Waals surface area contributed by atoms with Crippen LogP contribution in [0, 0.1) is 0 Å². The molecule has 0 saturated heterocycles. The average molecular weight is 185 g/mol. The number of benzene rings is 1. The summed E-state index contributed by atoms with van der Waals surface area (Å²) in [6.45, 7) is 3.12. The molecule has 0 radical (unpaired) electrons. The number of allylic oxidation sites excluding steroid dienone is 3. The number of anilines is 1. The van der Waals surface area contributed by atoms with Gasteiger partial charge in [-0.3, -0.25) is 0 Å². The molecule has 0 aromatic heterocycles. The summed E-state index contributed by atoms with van der Waals surface area (Å²) < 4.78 is 0. The van der Waals surface area contributed by atoms with E-state index in [1.54, 1.807) is 0 Å². The maximum Gasteiger partial charge on any atom is 0.0381 e. The summed E-state index contributed by atoms with van der Waals surface area (Å²) in [6.07, 6.45) is 8.57. The minimum atomic E-state index is 0.474. The van der Waals surface area contributed by atoms with Gasteiger partial charge < -0.3 is 5.32 Å². The second kappa shape index (κ2) is 4.14. The van der Waals surface area contributed by atoms with Crippen LogP contribution in [0.2, 0.25) is 0 Å². The molecule has 0 bridgehead atoms. The monoisotopic (exact) mass is 185 g/mol. The van der Waals surface area contributed by atoms with Gasteiger partial charge >= 0.3 is 0 Å². The predicted octanol–water partition coefficient (Wildman–Crippen LogP) is 3.33. The van der Waals surface area contributed by atoms with Gasteiger partial charge in [-0.2, -0.15) is 0 Å². The Morgan fingerprint density at radius 1 is 1.21 bits per heavy atom. The molecule has 0 spiro atoms. The van der Waals surface area contributed by atoms with Crippen LogP contribution in [-0.2, 0) is 0 Å². The number of nitrogens with one attached hydrogen (secondary N) is 1. The third-order valence-electron chi connectivity index (χ3n) is 2.51. The van der Waals surface area contributed by atoms with Gasteiger partial charge in [-0.15, -0.1) is 0 Å². The van der Waals surface area contributed by atoms with Crippen LogP contribution in [0.1, 0.15) is 18.4 Å². The van der Waals surface area contributed by atoms with Crippen molar-refractivity contribution in [3.63, 3.8) is 0 Å². The van der Waals surface area contributed by atoms with Gasteiger partial charge in [0.2, 0.25) is 0 Å². The van der Waals surface area contributed by atoms with Crippen LogP contribution in [0.5, 0.6) is 0 Å². The number of hydrogen-bond acceptors (Lipinski definition) is 1. The van der Waals surface area contributed by atoms with Gasteiger partial charge in [-0.05, 0) is 11.6 Å². The van der Waals surface area contributed by atoms with Gasteiger partial charge in [0.15, 0.2) is 0 Å². The largest absolute Gasteiger partial charge is 0.381 e. The molecular formula is C13H15N. The number of fused-ring (bicyclic) bond motifs is 1. The Bertz CT molecular complexity index is 363. The maximum atomic E-state index is 3.41. The van der Waals surface area contributed by atoms with E-state index in [9.17, 15) is 0 Å². The average Bonchev–Trinajstić information content (AvgIpc) is 2.30. The molecule has 0 aliphatic carbocycles. The van der Waals surface area contributed by atoms with Crippen molar-refractivity contribution in [3.8, 4) is 0 Å². The summed E-state index contributed by atoms with van der Waals surface area (Å²) in [6, 6.07) is 8.49. The van der Waals surface area contributed by atoms with Crippen LogP contribution in [0.4, 0.5) is 5.69 Å². The molecule has 14 heavy (non-hydrogen) atoms. The van der Waals surface area contributed by atoms with Crippen molar-refractivity contribution in [1.29, 1.82) is 0 Å². The van der Waals surface area contributed by atoms with E-state index in [2.05, 4.69) is 60.8 Å². The van der Waals surface area contributed by atoms with E-state index in [0.29, 0.717) is 5.92 Å². The van der Waals surface area contributed by atoms with Crippen molar-refractivity contribution in [2.24, 2.45) is 0 Å². The molecule has 1 unspecified atom stereocenters. The van der Waals surface area contributed by atoms with E-state index in [1.165, 1.54) is 11.3 Å². The van der Waals surface area contributed by atoms with Crippen LogP contribution in [0.15, 0.2) is 48.6 Å². The SMILES string of the molecule is CC1/C=C\C=C/CNc2ccccc21. The minimum Gasteiger partial charge on any atom is -0.381 e. The molecule has 0 amide bonds. The van der Waals surface area contributed by atoms with Gasteiger partial charge in [-0.25, -0.2) is 0 Å². The van der Waals surface area contributed by atoms with Crippen molar-refractivity contribution in [1.82, 2.24) is 0 Å². The van der Waals surface area contributed by atoms with Crippen LogP contribution < -0.4 is 5.32 Å². The van der Waals surface area contributed by atoms with E-state index < -0.39 is 0 Å². The lowest BCUT2D eigenvalue weighted by Gasteiger charge is -2.13. The fourth-order valence-electron chi connectivity index (χ4n) is 1.71. The zero-order chi connectivity index (χ0) is 9.80. The predicted molar refractivity (Wildman–Crippen MR) is 61.6 cm³/mol. The van der Waals surface area contributed by atoms with Gasteiger partial charge in [0, 0.05) is 18.2 Å². The first kappa shape index (κ1) is 9.07. The second-order valence-corrected chi connectivity index (χ2v) is 3.57. The molecule has 0 fully saturated rings. The Kier molecular flexibility index (Phi) is 2.68. The summed E-state index contributed by atoms with van der Waals surface area (Å²) in [5, 5.41) is 3.41. The van der Waals surface area contributed by atoms with E-state index in [4.69, 9.17) is 0 Å². The van der Waals surface area contributed by atoms with Crippen molar-refractivity contribution in [2.45, 2.75) is 12.8 Å². The third-order valence-corrected chi connectivity index (χ3v) is 2.51. The van der Waals surface area contributed by atoms with Crippen LogP contribution in [-0.4, -0.2) is 6.54 Å². The maximum absolute atomic E-state index is 3.41. The van der Waals surface area contributed by atoms with E-state index in [0.717, 1.165) is 6.54 Å². The van der Waals surface area contributed by atoms with Crippen LogP contribution in [0.3, 0.4) is 0 Å². The lowest BCUT2D eigenvalue weighted by atomic mass is 9.99. The van der Waals surface area contributed by atoms with Gasteiger partial charge in [0.25, 0.3) is 0 Å². The van der Waals surface area contributed by atoms with Crippen molar-refractivity contribution in [3.05, 3.63) is 54.1 Å². The third kappa shape index (κ3) is 1.87. The first-order chi connectivity index (χ1) is 6.88. The van der Waals surface area contributed by atoms with Crippen molar-refractivity contribution >= 4 is 5.69 Å². The quantitative estimate of drug-likeness (QED) is 0.653. The van der Waals surface area contributed by atoms with E-state index in [1.807, 2.05) is 0 Å². The zero-order valence-electron chi connectivity index (χ0n) is 8.40. The first-order valence-electron chi connectivity index (χ1n) is 5.04. The molecule has 2 rings (SSSR count). The Balaban J connectivity index is 2.40. The Morgan fingerprint density at radius 3 is 3.00 bits per heavy atom. The highest BCUT2D eigenvalue weighted by molar-refractivity contribution is 5.54. The molecule has 1 nitrogen and oxygen atoms in total. The highest BCUT2D eigenvalue weighted by atomic mass is 14.9. The number of hydrogen-bond donors (Lipinski definition) is 1. The molecule has 1 heterocycles. The summed E-state index contributed by atoms with van der Waals surface area (Å²) in [5.74, 6) is 0.474. The molecule has 1 heteroatoms. The molecule has 0 saturated carbocycles. The normalized spacial score (nSPS) is 24.8. The number of rotatable bonds is 0. The van der Waals surface area contributed by atoms with Gasteiger partial charge in [0.05, 0.1) is 0 Å². The standard InChI is InChI=1S/C13H15N/c1-11-7-3-2-6-10-14-13-9-5-4-8-12(11)13/h2-9,11,14H,10H2,1H3/b6-2-,7-3-. The number of para-hydroxylation sites is 1. The van der Waals surface area contributed by atoms with Crippen molar-refractivity contribution in [2.75, 3.05) is 11.9 Å². The highest BCUT2D eigenvalue weighted by Gasteiger charge is 2.06.